The number of aromatic hydroxyl groups is 1. The minimum absolute atomic E-state index is 0.0224. The van der Waals surface area contributed by atoms with Gasteiger partial charge in [-0.25, -0.2) is 4.98 Å². The lowest BCUT2D eigenvalue weighted by Gasteiger charge is -2.09. The van der Waals surface area contributed by atoms with E-state index in [1.165, 1.54) is 0 Å². The van der Waals surface area contributed by atoms with Gasteiger partial charge in [0.25, 0.3) is 5.91 Å². The largest absolute Gasteiger partial charge is 0.497 e. The van der Waals surface area contributed by atoms with Crippen molar-refractivity contribution in [2.75, 3.05) is 7.11 Å². The van der Waals surface area contributed by atoms with Crippen LogP contribution in [-0.4, -0.2) is 27.7 Å². The maximum Gasteiger partial charge on any atom is 0.296 e. The molecule has 38 heavy (non-hydrogen) atoms. The number of rotatable bonds is 7. The first kappa shape index (κ1) is 25.1. The highest BCUT2D eigenvalue weighted by Gasteiger charge is 2.19. The van der Waals surface area contributed by atoms with Crippen molar-refractivity contribution in [1.29, 1.82) is 0 Å². The van der Waals surface area contributed by atoms with Crippen molar-refractivity contribution in [3.63, 3.8) is 0 Å². The van der Waals surface area contributed by atoms with Gasteiger partial charge in [-0.15, -0.1) is 10.2 Å². The van der Waals surface area contributed by atoms with Gasteiger partial charge in [0.2, 0.25) is 5.88 Å². The predicted octanol–water partition coefficient (Wildman–Crippen LogP) is 7.85. The average molecular weight is 507 g/mol. The molecule has 192 valence electrons. The summed E-state index contributed by atoms with van der Waals surface area (Å²) in [6, 6.07) is 22.8. The zero-order chi connectivity index (χ0) is 26.8. The molecule has 5 rings (SSSR count). The van der Waals surface area contributed by atoms with Gasteiger partial charge >= 0.3 is 0 Å². The van der Waals surface area contributed by atoms with Crippen LogP contribution >= 0.6 is 0 Å². The van der Waals surface area contributed by atoms with Gasteiger partial charge < -0.3 is 14.4 Å². The SMILES string of the molecule is COc1ccc2c(c1)c(N=NC(=O)c1cc(-c3ccccc3)nc3ccc(C)cc13)c(O)n2CCC(C)C. The molecule has 5 aromatic rings. The minimum Gasteiger partial charge on any atom is -0.497 e. The average Bonchev–Trinajstić information content (AvgIpc) is 3.19. The number of fused-ring (bicyclic) bond motifs is 2. The van der Waals surface area contributed by atoms with Crippen molar-refractivity contribution in [2.24, 2.45) is 16.1 Å². The highest BCUT2D eigenvalue weighted by Crippen LogP contribution is 2.41. The molecule has 0 spiro atoms. The van der Waals surface area contributed by atoms with Gasteiger partial charge in [-0.2, -0.15) is 0 Å². The van der Waals surface area contributed by atoms with Crippen LogP contribution in [0.25, 0.3) is 33.1 Å². The molecular formula is C31H30N4O3. The minimum atomic E-state index is -0.509. The van der Waals surface area contributed by atoms with Crippen LogP contribution in [0.1, 0.15) is 36.2 Å². The number of azo groups is 1. The number of aryl methyl sites for hydroxylation is 2. The predicted molar refractivity (Wildman–Crippen MR) is 150 cm³/mol. The first-order valence-electron chi connectivity index (χ1n) is 12.7. The molecule has 0 bridgehead atoms. The number of carbonyl (C=O) groups is 1. The lowest BCUT2D eigenvalue weighted by molar-refractivity contribution is 0.0996. The molecule has 0 radical (unpaired) electrons. The van der Waals surface area contributed by atoms with E-state index < -0.39 is 5.91 Å². The van der Waals surface area contributed by atoms with Crippen molar-refractivity contribution in [3.05, 3.63) is 83.9 Å². The topological polar surface area (TPSA) is 89.1 Å². The van der Waals surface area contributed by atoms with Gasteiger partial charge in [-0.1, -0.05) is 55.8 Å². The summed E-state index contributed by atoms with van der Waals surface area (Å²) in [6.07, 6.45) is 0.878. The van der Waals surface area contributed by atoms with E-state index in [1.54, 1.807) is 19.2 Å². The van der Waals surface area contributed by atoms with E-state index in [1.807, 2.05) is 72.2 Å². The number of ether oxygens (including phenoxy) is 1. The summed E-state index contributed by atoms with van der Waals surface area (Å²) in [5.74, 6) is 0.555. The number of hydrogen-bond acceptors (Lipinski definition) is 5. The molecular weight excluding hydrogens is 476 g/mol. The van der Waals surface area contributed by atoms with E-state index in [4.69, 9.17) is 9.72 Å². The monoisotopic (exact) mass is 506 g/mol. The number of carbonyl (C=O) groups excluding carboxylic acids is 1. The Morgan fingerprint density at radius 1 is 1.03 bits per heavy atom. The third kappa shape index (κ3) is 4.87. The van der Waals surface area contributed by atoms with Crippen molar-refractivity contribution >= 4 is 33.4 Å². The van der Waals surface area contributed by atoms with Crippen molar-refractivity contribution in [3.8, 4) is 22.9 Å². The molecule has 1 N–H and O–H groups in total. The highest BCUT2D eigenvalue weighted by molar-refractivity contribution is 6.08. The second-order valence-electron chi connectivity index (χ2n) is 9.84. The second kappa shape index (κ2) is 10.5. The van der Waals surface area contributed by atoms with Crippen LogP contribution in [0.2, 0.25) is 0 Å². The molecule has 0 fully saturated rings. The van der Waals surface area contributed by atoms with Crippen molar-refractivity contribution in [1.82, 2.24) is 9.55 Å². The maximum atomic E-state index is 13.5. The summed E-state index contributed by atoms with van der Waals surface area (Å²) in [5, 5.41) is 20.9. The number of hydrogen-bond donors (Lipinski definition) is 1. The molecule has 0 saturated carbocycles. The fourth-order valence-electron chi connectivity index (χ4n) is 4.56. The summed E-state index contributed by atoms with van der Waals surface area (Å²) in [5.41, 5.74) is 4.75. The Balaban J connectivity index is 1.61. The van der Waals surface area contributed by atoms with Crippen LogP contribution in [0.5, 0.6) is 11.6 Å². The molecule has 2 heterocycles. The first-order chi connectivity index (χ1) is 18.4. The maximum absolute atomic E-state index is 13.5. The van der Waals surface area contributed by atoms with Crippen LogP contribution in [0.3, 0.4) is 0 Å². The molecule has 7 heteroatoms. The second-order valence-corrected chi connectivity index (χ2v) is 9.84. The normalized spacial score (nSPS) is 11.7. The fraction of sp³-hybridized carbons (Fsp3) is 0.226. The van der Waals surface area contributed by atoms with Gasteiger partial charge in [0.1, 0.15) is 5.75 Å². The zero-order valence-electron chi connectivity index (χ0n) is 22.0. The number of pyridine rings is 1. The van der Waals surface area contributed by atoms with Crippen molar-refractivity contribution in [2.45, 2.75) is 33.7 Å². The molecule has 0 aliphatic rings. The molecule has 3 aromatic carbocycles. The summed E-state index contributed by atoms with van der Waals surface area (Å²) in [4.78, 5) is 18.3. The molecule has 2 aromatic heterocycles. The Bertz CT molecular complexity index is 1670. The number of methoxy groups -OCH3 is 1. The van der Waals surface area contributed by atoms with Crippen LogP contribution in [-0.2, 0) is 6.54 Å². The molecule has 0 atom stereocenters. The standard InChI is InChI=1S/C31H30N4O3/c1-19(2)14-15-35-28-13-11-22(38-4)17-25(28)29(31(35)37)33-34-30(36)24-18-27(21-8-6-5-7-9-21)32-26-12-10-20(3)16-23(24)26/h5-13,16-19,37H,14-15H2,1-4H3. The number of nitrogens with zero attached hydrogens (tertiary/aromatic N) is 4. The Morgan fingerprint density at radius 3 is 2.55 bits per heavy atom. The zero-order valence-corrected chi connectivity index (χ0v) is 22.0. The van der Waals surface area contributed by atoms with E-state index >= 15 is 0 Å². The van der Waals surface area contributed by atoms with Gasteiger partial charge in [-0.3, -0.25) is 4.79 Å². The lowest BCUT2D eigenvalue weighted by atomic mass is 10.0. The summed E-state index contributed by atoms with van der Waals surface area (Å²) < 4.78 is 7.21. The summed E-state index contributed by atoms with van der Waals surface area (Å²) >= 11 is 0. The van der Waals surface area contributed by atoms with Gasteiger partial charge in [0.15, 0.2) is 5.69 Å². The summed E-state index contributed by atoms with van der Waals surface area (Å²) in [6.45, 7) is 6.85. The highest BCUT2D eigenvalue weighted by atomic mass is 16.5. The van der Waals surface area contributed by atoms with Crippen LogP contribution in [0.15, 0.2) is 83.0 Å². The van der Waals surface area contributed by atoms with E-state index in [9.17, 15) is 9.90 Å². The molecule has 0 unspecified atom stereocenters. The quantitative estimate of drug-likeness (QED) is 0.228. The Morgan fingerprint density at radius 2 is 1.82 bits per heavy atom. The Labute approximate surface area is 221 Å². The Hall–Kier alpha value is -4.52. The number of amides is 1. The van der Waals surface area contributed by atoms with Gasteiger partial charge in [0.05, 0.1) is 29.4 Å². The first-order valence-corrected chi connectivity index (χ1v) is 12.7. The fourth-order valence-corrected chi connectivity index (χ4v) is 4.56. The molecule has 0 aliphatic carbocycles. The van der Waals surface area contributed by atoms with E-state index in [0.29, 0.717) is 45.8 Å². The molecule has 0 aliphatic heterocycles. The Kier molecular flexibility index (Phi) is 6.92. The van der Waals surface area contributed by atoms with E-state index in [0.717, 1.165) is 23.1 Å². The van der Waals surface area contributed by atoms with Crippen LogP contribution < -0.4 is 4.74 Å². The van der Waals surface area contributed by atoms with Crippen LogP contribution in [0, 0.1) is 12.8 Å². The molecule has 7 nitrogen and oxygen atoms in total. The van der Waals surface area contributed by atoms with Crippen molar-refractivity contribution < 1.29 is 14.6 Å². The third-order valence-electron chi connectivity index (χ3n) is 6.65. The number of benzene rings is 3. The summed E-state index contributed by atoms with van der Waals surface area (Å²) in [7, 11) is 1.59. The van der Waals surface area contributed by atoms with Gasteiger partial charge in [0, 0.05) is 22.9 Å². The smallest absolute Gasteiger partial charge is 0.296 e. The van der Waals surface area contributed by atoms with Gasteiger partial charge in [-0.05, 0) is 55.7 Å². The van der Waals surface area contributed by atoms with E-state index in [2.05, 4.69) is 24.1 Å². The van der Waals surface area contributed by atoms with E-state index in [-0.39, 0.29) is 11.6 Å². The molecule has 0 saturated heterocycles. The molecule has 1 amide bonds. The van der Waals surface area contributed by atoms with Crippen LogP contribution in [0.4, 0.5) is 5.69 Å². The lowest BCUT2D eigenvalue weighted by Crippen LogP contribution is -2.00. The number of aromatic nitrogens is 2. The third-order valence-corrected chi connectivity index (χ3v) is 6.65.